The molecule has 0 heterocycles. The van der Waals surface area contributed by atoms with Gasteiger partial charge in [0, 0.05) is 12.0 Å². The average Bonchev–Trinajstić information content (AvgIpc) is 2.86. The highest BCUT2D eigenvalue weighted by Gasteiger charge is 2.35. The zero-order valence-electron chi connectivity index (χ0n) is 9.19. The Balaban J connectivity index is 1.88. The normalized spacial score (nSPS) is 29.5. The molecule has 0 aliphatic heterocycles. The van der Waals surface area contributed by atoms with Crippen LogP contribution in [-0.2, 0) is 9.59 Å². The van der Waals surface area contributed by atoms with E-state index in [9.17, 15) is 9.59 Å². The van der Waals surface area contributed by atoms with Crippen molar-refractivity contribution in [3.05, 3.63) is 12.2 Å². The smallest absolute Gasteiger partial charge is 0.308 e. The van der Waals surface area contributed by atoms with Crippen molar-refractivity contribution in [2.24, 2.45) is 11.8 Å². The largest absolute Gasteiger partial charge is 0.481 e. The van der Waals surface area contributed by atoms with E-state index in [0.29, 0.717) is 6.42 Å². The zero-order chi connectivity index (χ0) is 11.5. The molecular weight excluding hydrogens is 206 g/mol. The number of hydrogen-bond donors (Lipinski definition) is 2. The van der Waals surface area contributed by atoms with Crippen LogP contribution in [-0.4, -0.2) is 23.0 Å². The van der Waals surface area contributed by atoms with E-state index >= 15 is 0 Å². The summed E-state index contributed by atoms with van der Waals surface area (Å²) >= 11 is 0. The molecule has 2 aliphatic carbocycles. The molecule has 2 aliphatic rings. The average molecular weight is 223 g/mol. The minimum atomic E-state index is -0.785. The van der Waals surface area contributed by atoms with Crippen molar-refractivity contribution < 1.29 is 14.7 Å². The van der Waals surface area contributed by atoms with E-state index in [2.05, 4.69) is 5.32 Å². The summed E-state index contributed by atoms with van der Waals surface area (Å²) in [5, 5.41) is 11.9. The molecule has 2 rings (SSSR count). The SMILES string of the molecule is O=C(N[C@H]1CCC[C@H]1C(=O)O)C1CC=CC1. The predicted molar refractivity (Wildman–Crippen MR) is 58.8 cm³/mol. The third kappa shape index (κ3) is 2.26. The van der Waals surface area contributed by atoms with Gasteiger partial charge in [-0.2, -0.15) is 0 Å². The van der Waals surface area contributed by atoms with Crippen molar-refractivity contribution in [1.82, 2.24) is 5.32 Å². The number of rotatable bonds is 3. The fraction of sp³-hybridized carbons (Fsp3) is 0.667. The van der Waals surface area contributed by atoms with Crippen molar-refractivity contribution in [2.75, 3.05) is 0 Å². The van der Waals surface area contributed by atoms with Crippen LogP contribution >= 0.6 is 0 Å². The quantitative estimate of drug-likeness (QED) is 0.709. The predicted octanol–water partition coefficient (Wildman–Crippen LogP) is 1.32. The third-order valence-corrected chi connectivity index (χ3v) is 3.54. The van der Waals surface area contributed by atoms with Crippen molar-refractivity contribution in [1.29, 1.82) is 0 Å². The van der Waals surface area contributed by atoms with E-state index in [1.54, 1.807) is 0 Å². The molecule has 0 saturated heterocycles. The summed E-state index contributed by atoms with van der Waals surface area (Å²) in [5.41, 5.74) is 0. The highest BCUT2D eigenvalue weighted by molar-refractivity contribution is 5.81. The van der Waals surface area contributed by atoms with E-state index in [1.807, 2.05) is 12.2 Å². The van der Waals surface area contributed by atoms with E-state index in [1.165, 1.54) is 0 Å². The van der Waals surface area contributed by atoms with Crippen LogP contribution in [0.5, 0.6) is 0 Å². The Bertz CT molecular complexity index is 316. The summed E-state index contributed by atoms with van der Waals surface area (Å²) in [6.45, 7) is 0. The van der Waals surface area contributed by atoms with Gasteiger partial charge in [-0.25, -0.2) is 0 Å². The van der Waals surface area contributed by atoms with Crippen LogP contribution in [0.2, 0.25) is 0 Å². The second-order valence-corrected chi connectivity index (χ2v) is 4.63. The van der Waals surface area contributed by atoms with Crippen LogP contribution in [0.25, 0.3) is 0 Å². The Morgan fingerprint density at radius 2 is 1.88 bits per heavy atom. The Hall–Kier alpha value is -1.32. The fourth-order valence-electron chi connectivity index (χ4n) is 2.56. The Morgan fingerprint density at radius 1 is 1.19 bits per heavy atom. The number of carbonyl (C=O) groups is 2. The number of carboxylic acid groups (broad SMARTS) is 1. The van der Waals surface area contributed by atoms with E-state index < -0.39 is 11.9 Å². The van der Waals surface area contributed by atoms with Gasteiger partial charge in [0.1, 0.15) is 0 Å². The molecule has 1 saturated carbocycles. The standard InChI is InChI=1S/C12H17NO3/c14-11(8-4-1-2-5-8)13-10-7-3-6-9(10)12(15)16/h1-2,8-10H,3-7H2,(H,13,14)(H,15,16)/t9-,10+/m1/s1. The van der Waals surface area contributed by atoms with Gasteiger partial charge in [0.05, 0.1) is 5.92 Å². The second kappa shape index (κ2) is 4.68. The van der Waals surface area contributed by atoms with Gasteiger partial charge in [-0.3, -0.25) is 9.59 Å². The molecule has 0 spiro atoms. The highest BCUT2D eigenvalue weighted by atomic mass is 16.4. The monoisotopic (exact) mass is 223 g/mol. The molecule has 16 heavy (non-hydrogen) atoms. The summed E-state index contributed by atoms with van der Waals surface area (Å²) in [6.07, 6.45) is 7.96. The minimum Gasteiger partial charge on any atom is -0.481 e. The van der Waals surface area contributed by atoms with Gasteiger partial charge in [0.2, 0.25) is 5.91 Å². The number of carboxylic acids is 1. The first-order valence-corrected chi connectivity index (χ1v) is 5.86. The van der Waals surface area contributed by atoms with Crippen LogP contribution in [0, 0.1) is 11.8 Å². The molecule has 0 aromatic heterocycles. The van der Waals surface area contributed by atoms with Gasteiger partial charge in [-0.1, -0.05) is 18.6 Å². The Labute approximate surface area is 94.7 Å². The maximum absolute atomic E-state index is 11.8. The molecule has 2 atom stereocenters. The first kappa shape index (κ1) is 11.2. The first-order chi connectivity index (χ1) is 7.68. The lowest BCUT2D eigenvalue weighted by molar-refractivity contribution is -0.142. The maximum atomic E-state index is 11.8. The maximum Gasteiger partial charge on any atom is 0.308 e. The molecule has 0 aromatic rings. The highest BCUT2D eigenvalue weighted by Crippen LogP contribution is 2.27. The van der Waals surface area contributed by atoms with Gasteiger partial charge in [0.15, 0.2) is 0 Å². The molecule has 4 heteroatoms. The van der Waals surface area contributed by atoms with Crippen LogP contribution in [0.15, 0.2) is 12.2 Å². The van der Waals surface area contributed by atoms with Crippen LogP contribution < -0.4 is 5.32 Å². The van der Waals surface area contributed by atoms with Gasteiger partial charge in [-0.15, -0.1) is 0 Å². The minimum absolute atomic E-state index is 0.0168. The van der Waals surface area contributed by atoms with Crippen molar-refractivity contribution in [3.8, 4) is 0 Å². The van der Waals surface area contributed by atoms with Gasteiger partial charge < -0.3 is 10.4 Å². The molecule has 4 nitrogen and oxygen atoms in total. The number of carbonyl (C=O) groups excluding carboxylic acids is 1. The number of allylic oxidation sites excluding steroid dienone is 2. The molecule has 1 amide bonds. The lowest BCUT2D eigenvalue weighted by Gasteiger charge is -2.19. The van der Waals surface area contributed by atoms with Crippen molar-refractivity contribution >= 4 is 11.9 Å². The molecular formula is C12H17NO3. The second-order valence-electron chi connectivity index (χ2n) is 4.63. The van der Waals surface area contributed by atoms with E-state index in [4.69, 9.17) is 5.11 Å². The molecule has 0 radical (unpaired) electrons. The van der Waals surface area contributed by atoms with E-state index in [-0.39, 0.29) is 17.9 Å². The Morgan fingerprint density at radius 3 is 2.50 bits per heavy atom. The van der Waals surface area contributed by atoms with Crippen molar-refractivity contribution in [2.45, 2.75) is 38.1 Å². The van der Waals surface area contributed by atoms with Crippen molar-refractivity contribution in [3.63, 3.8) is 0 Å². The summed E-state index contributed by atoms with van der Waals surface area (Å²) in [4.78, 5) is 22.8. The molecule has 2 N–H and O–H groups in total. The number of aliphatic carboxylic acids is 1. The molecule has 0 bridgehead atoms. The van der Waals surface area contributed by atoms with Gasteiger partial charge in [-0.05, 0) is 25.7 Å². The topological polar surface area (TPSA) is 66.4 Å². The molecule has 1 fully saturated rings. The third-order valence-electron chi connectivity index (χ3n) is 3.54. The molecule has 0 unspecified atom stereocenters. The van der Waals surface area contributed by atoms with Gasteiger partial charge >= 0.3 is 5.97 Å². The Kier molecular flexibility index (Phi) is 3.27. The summed E-state index contributed by atoms with van der Waals surface area (Å²) in [7, 11) is 0. The van der Waals surface area contributed by atoms with Crippen LogP contribution in [0.3, 0.4) is 0 Å². The number of amides is 1. The van der Waals surface area contributed by atoms with Gasteiger partial charge in [0.25, 0.3) is 0 Å². The van der Waals surface area contributed by atoms with E-state index in [0.717, 1.165) is 25.7 Å². The number of hydrogen-bond acceptors (Lipinski definition) is 2. The summed E-state index contributed by atoms with van der Waals surface area (Å²) < 4.78 is 0. The summed E-state index contributed by atoms with van der Waals surface area (Å²) in [5.74, 6) is -1.14. The number of nitrogens with one attached hydrogen (secondary N) is 1. The van der Waals surface area contributed by atoms with Crippen LogP contribution in [0.1, 0.15) is 32.1 Å². The fourth-order valence-corrected chi connectivity index (χ4v) is 2.56. The zero-order valence-corrected chi connectivity index (χ0v) is 9.19. The first-order valence-electron chi connectivity index (χ1n) is 5.86. The van der Waals surface area contributed by atoms with Crippen LogP contribution in [0.4, 0.5) is 0 Å². The molecule has 0 aromatic carbocycles. The lowest BCUT2D eigenvalue weighted by atomic mass is 10.0. The molecule has 88 valence electrons. The summed E-state index contributed by atoms with van der Waals surface area (Å²) in [6, 6.07) is -0.161. The lowest BCUT2D eigenvalue weighted by Crippen LogP contribution is -2.42.